The largest absolute Gasteiger partial charge is 0.331 e. The Hall–Kier alpha value is -1.46. The molecule has 0 spiro atoms. The van der Waals surface area contributed by atoms with E-state index < -0.39 is 0 Å². The number of rotatable bonds is 2. The lowest BCUT2D eigenvalue weighted by Crippen LogP contribution is -2.27. The van der Waals surface area contributed by atoms with Crippen LogP contribution in [0.15, 0.2) is 18.2 Å². The molecule has 15 heavy (non-hydrogen) atoms. The van der Waals surface area contributed by atoms with Gasteiger partial charge >= 0.3 is 0 Å². The highest BCUT2D eigenvalue weighted by atomic mass is 35.5. The van der Waals surface area contributed by atoms with Gasteiger partial charge in [-0.2, -0.15) is 0 Å². The summed E-state index contributed by atoms with van der Waals surface area (Å²) in [5.74, 6) is 2.32. The van der Waals surface area contributed by atoms with Crippen molar-refractivity contribution in [2.75, 3.05) is 13.6 Å². The van der Waals surface area contributed by atoms with Crippen molar-refractivity contribution in [1.82, 2.24) is 4.90 Å². The molecule has 0 aliphatic carbocycles. The van der Waals surface area contributed by atoms with E-state index in [1.165, 1.54) is 4.90 Å². The molecule has 0 unspecified atom stereocenters. The summed E-state index contributed by atoms with van der Waals surface area (Å²) in [7, 11) is 1.67. The first kappa shape index (κ1) is 11.6. The molecule has 1 aromatic carbocycles. The summed E-state index contributed by atoms with van der Waals surface area (Å²) in [4.78, 5) is 13.4. The monoisotopic (exact) mass is 221 g/mol. The highest BCUT2D eigenvalue weighted by Crippen LogP contribution is 2.19. The van der Waals surface area contributed by atoms with Gasteiger partial charge in [0.1, 0.15) is 0 Å². The first-order valence-corrected chi connectivity index (χ1v) is 4.89. The van der Waals surface area contributed by atoms with Crippen LogP contribution in [0.5, 0.6) is 0 Å². The third-order valence-corrected chi connectivity index (χ3v) is 2.58. The molecule has 0 atom stereocenters. The average molecular weight is 222 g/mol. The number of carbonyl (C=O) groups excluding carboxylic acids is 1. The van der Waals surface area contributed by atoms with Crippen molar-refractivity contribution in [3.63, 3.8) is 0 Å². The maximum atomic E-state index is 11.9. The molecule has 2 nitrogen and oxygen atoms in total. The van der Waals surface area contributed by atoms with Crippen molar-refractivity contribution in [1.29, 1.82) is 0 Å². The predicted molar refractivity (Wildman–Crippen MR) is 62.0 cm³/mol. The second-order valence-electron chi connectivity index (χ2n) is 3.28. The predicted octanol–water partition coefficient (Wildman–Crippen LogP) is 2.35. The number of terminal acetylenes is 1. The zero-order chi connectivity index (χ0) is 11.4. The second-order valence-corrected chi connectivity index (χ2v) is 3.68. The Labute approximate surface area is 94.8 Å². The lowest BCUT2D eigenvalue weighted by Gasteiger charge is -2.15. The maximum absolute atomic E-state index is 11.9. The van der Waals surface area contributed by atoms with Gasteiger partial charge in [-0.3, -0.25) is 4.79 Å². The van der Waals surface area contributed by atoms with Gasteiger partial charge in [0.15, 0.2) is 0 Å². The molecule has 0 radical (unpaired) electrons. The highest BCUT2D eigenvalue weighted by molar-refractivity contribution is 6.31. The summed E-state index contributed by atoms with van der Waals surface area (Å²) in [6, 6.07) is 5.26. The van der Waals surface area contributed by atoms with E-state index >= 15 is 0 Å². The zero-order valence-corrected chi connectivity index (χ0v) is 9.51. The standard InChI is InChI=1S/C12H12ClNO/c1-4-8-14(3)12(15)10-6-5-7-11(13)9(10)2/h1,5-7H,8H2,2-3H3. The van der Waals surface area contributed by atoms with E-state index in [0.717, 1.165) is 5.56 Å². The van der Waals surface area contributed by atoms with Gasteiger partial charge in [0.2, 0.25) is 0 Å². The SMILES string of the molecule is C#CCN(C)C(=O)c1cccc(Cl)c1C. The zero-order valence-electron chi connectivity index (χ0n) is 8.75. The molecule has 0 fully saturated rings. The van der Waals surface area contributed by atoms with Crippen molar-refractivity contribution in [2.24, 2.45) is 0 Å². The lowest BCUT2D eigenvalue weighted by atomic mass is 10.1. The minimum absolute atomic E-state index is 0.104. The summed E-state index contributed by atoms with van der Waals surface area (Å²) in [5, 5.41) is 0.593. The molecular formula is C12H12ClNO. The van der Waals surface area contributed by atoms with E-state index in [0.29, 0.717) is 17.1 Å². The number of carbonyl (C=O) groups is 1. The summed E-state index contributed by atoms with van der Waals surface area (Å²) in [6.45, 7) is 2.12. The van der Waals surface area contributed by atoms with Crippen LogP contribution in [0.1, 0.15) is 15.9 Å². The van der Waals surface area contributed by atoms with E-state index in [9.17, 15) is 4.79 Å². The molecule has 0 aliphatic rings. The molecule has 1 rings (SSSR count). The van der Waals surface area contributed by atoms with Crippen LogP contribution >= 0.6 is 11.6 Å². The van der Waals surface area contributed by atoms with Gasteiger partial charge < -0.3 is 4.90 Å². The number of benzene rings is 1. The molecule has 0 aromatic heterocycles. The van der Waals surface area contributed by atoms with E-state index in [-0.39, 0.29) is 5.91 Å². The fourth-order valence-corrected chi connectivity index (χ4v) is 1.43. The maximum Gasteiger partial charge on any atom is 0.254 e. The van der Waals surface area contributed by atoms with E-state index in [2.05, 4.69) is 5.92 Å². The van der Waals surface area contributed by atoms with Gasteiger partial charge in [-0.1, -0.05) is 23.6 Å². The van der Waals surface area contributed by atoms with Crippen molar-refractivity contribution in [2.45, 2.75) is 6.92 Å². The van der Waals surface area contributed by atoms with Gasteiger partial charge in [0.25, 0.3) is 5.91 Å². The van der Waals surface area contributed by atoms with Crippen molar-refractivity contribution < 1.29 is 4.79 Å². The van der Waals surface area contributed by atoms with E-state index in [1.54, 1.807) is 25.2 Å². The van der Waals surface area contributed by atoms with Crippen molar-refractivity contribution in [3.8, 4) is 12.3 Å². The van der Waals surface area contributed by atoms with E-state index in [4.69, 9.17) is 18.0 Å². The molecule has 0 heterocycles. The minimum atomic E-state index is -0.104. The van der Waals surface area contributed by atoms with Gasteiger partial charge in [-0.05, 0) is 24.6 Å². The molecule has 0 bridgehead atoms. The van der Waals surface area contributed by atoms with Crippen LogP contribution in [0.2, 0.25) is 5.02 Å². The van der Waals surface area contributed by atoms with Crippen LogP contribution in [-0.4, -0.2) is 24.4 Å². The van der Waals surface area contributed by atoms with Gasteiger partial charge in [-0.25, -0.2) is 0 Å². The first-order chi connectivity index (χ1) is 7.07. The Morgan fingerprint density at radius 3 is 2.87 bits per heavy atom. The molecule has 0 aliphatic heterocycles. The molecule has 78 valence electrons. The number of hydrogen-bond acceptors (Lipinski definition) is 1. The Bertz CT molecular complexity index is 420. The molecule has 0 N–H and O–H groups in total. The third-order valence-electron chi connectivity index (χ3n) is 2.17. The number of amides is 1. The number of hydrogen-bond donors (Lipinski definition) is 0. The summed E-state index contributed by atoms with van der Waals surface area (Å²) < 4.78 is 0. The molecular weight excluding hydrogens is 210 g/mol. The third kappa shape index (κ3) is 2.51. The fraction of sp³-hybridized carbons (Fsp3) is 0.250. The number of halogens is 1. The highest BCUT2D eigenvalue weighted by Gasteiger charge is 2.14. The molecule has 1 aromatic rings. The Kier molecular flexibility index (Phi) is 3.76. The van der Waals surface area contributed by atoms with Gasteiger partial charge in [0, 0.05) is 17.6 Å². The Morgan fingerprint density at radius 2 is 2.27 bits per heavy atom. The van der Waals surface area contributed by atoms with Crippen LogP contribution in [0, 0.1) is 19.3 Å². The molecule has 0 saturated carbocycles. The topological polar surface area (TPSA) is 20.3 Å². The smallest absolute Gasteiger partial charge is 0.254 e. The van der Waals surface area contributed by atoms with E-state index in [1.807, 2.05) is 6.92 Å². The number of nitrogens with zero attached hydrogens (tertiary/aromatic N) is 1. The minimum Gasteiger partial charge on any atom is -0.331 e. The second kappa shape index (κ2) is 4.86. The van der Waals surface area contributed by atoms with Crippen LogP contribution < -0.4 is 0 Å². The molecule has 3 heteroatoms. The molecule has 1 amide bonds. The summed E-state index contributed by atoms with van der Waals surface area (Å²) in [5.41, 5.74) is 1.38. The van der Waals surface area contributed by atoms with Crippen LogP contribution in [0.3, 0.4) is 0 Å². The fourth-order valence-electron chi connectivity index (χ4n) is 1.25. The van der Waals surface area contributed by atoms with Crippen molar-refractivity contribution >= 4 is 17.5 Å². The van der Waals surface area contributed by atoms with Crippen LogP contribution in [0.25, 0.3) is 0 Å². The van der Waals surface area contributed by atoms with Crippen molar-refractivity contribution in [3.05, 3.63) is 34.3 Å². The van der Waals surface area contributed by atoms with Crippen LogP contribution in [-0.2, 0) is 0 Å². The Balaban J connectivity index is 3.02. The average Bonchev–Trinajstić information content (AvgIpc) is 2.21. The Morgan fingerprint density at radius 1 is 1.60 bits per heavy atom. The molecule has 0 saturated heterocycles. The van der Waals surface area contributed by atoms with Crippen LogP contribution in [0.4, 0.5) is 0 Å². The summed E-state index contributed by atoms with van der Waals surface area (Å²) in [6.07, 6.45) is 5.14. The van der Waals surface area contributed by atoms with Gasteiger partial charge in [-0.15, -0.1) is 6.42 Å². The quantitative estimate of drug-likeness (QED) is 0.703. The first-order valence-electron chi connectivity index (χ1n) is 4.52. The van der Waals surface area contributed by atoms with Gasteiger partial charge in [0.05, 0.1) is 6.54 Å². The normalized spacial score (nSPS) is 9.47. The lowest BCUT2D eigenvalue weighted by molar-refractivity contribution is 0.0812. The summed E-state index contributed by atoms with van der Waals surface area (Å²) >= 11 is 5.93.